The lowest BCUT2D eigenvalue weighted by Crippen LogP contribution is -2.56. The summed E-state index contributed by atoms with van der Waals surface area (Å²) >= 11 is 0. The van der Waals surface area contributed by atoms with Gasteiger partial charge in [-0.25, -0.2) is 0 Å². The molecule has 5 nitrogen and oxygen atoms in total. The van der Waals surface area contributed by atoms with E-state index in [9.17, 15) is 4.79 Å². The zero-order valence-electron chi connectivity index (χ0n) is 12.1. The molecule has 106 valence electrons. The molecule has 0 saturated carbocycles. The van der Waals surface area contributed by atoms with Crippen molar-refractivity contribution in [2.45, 2.75) is 32.9 Å². The van der Waals surface area contributed by atoms with E-state index in [0.29, 0.717) is 12.6 Å². The molecule has 1 saturated heterocycles. The van der Waals surface area contributed by atoms with Crippen LogP contribution in [0.25, 0.3) is 0 Å². The van der Waals surface area contributed by atoms with Gasteiger partial charge in [-0.05, 0) is 27.4 Å². The zero-order valence-corrected chi connectivity index (χ0v) is 12.1. The van der Waals surface area contributed by atoms with Gasteiger partial charge in [-0.3, -0.25) is 9.69 Å². The molecule has 0 amide bonds. The van der Waals surface area contributed by atoms with Crippen LogP contribution in [0.2, 0.25) is 0 Å². The van der Waals surface area contributed by atoms with Crippen LogP contribution in [0.3, 0.4) is 0 Å². The molecule has 1 N–H and O–H groups in total. The third kappa shape index (κ3) is 4.55. The van der Waals surface area contributed by atoms with E-state index < -0.39 is 0 Å². The normalized spacial score (nSPS) is 23.9. The number of piperazine rings is 1. The molecule has 0 radical (unpaired) electrons. The maximum Gasteiger partial charge on any atom is 0.324 e. The minimum atomic E-state index is -0.208. The van der Waals surface area contributed by atoms with E-state index in [1.54, 1.807) is 0 Å². The third-order valence-corrected chi connectivity index (χ3v) is 3.41. The summed E-state index contributed by atoms with van der Waals surface area (Å²) in [6.07, 6.45) is 0. The van der Waals surface area contributed by atoms with Gasteiger partial charge in [-0.2, -0.15) is 0 Å². The molecule has 0 bridgehead atoms. The topological polar surface area (TPSA) is 44.8 Å². The number of likely N-dealkylation sites (N-methyl/N-ethyl adjacent to an activating group) is 2. The second-order valence-electron chi connectivity index (χ2n) is 4.97. The maximum absolute atomic E-state index is 11.9. The van der Waals surface area contributed by atoms with Gasteiger partial charge in [0.25, 0.3) is 0 Å². The fourth-order valence-corrected chi connectivity index (χ4v) is 2.39. The van der Waals surface area contributed by atoms with Crippen molar-refractivity contribution in [2.75, 3.05) is 46.4 Å². The Kier molecular flexibility index (Phi) is 6.60. The van der Waals surface area contributed by atoms with Crippen LogP contribution in [-0.2, 0) is 9.53 Å². The van der Waals surface area contributed by atoms with Gasteiger partial charge in [0.2, 0.25) is 0 Å². The third-order valence-electron chi connectivity index (χ3n) is 3.41. The average Bonchev–Trinajstić information content (AvgIpc) is 2.32. The summed E-state index contributed by atoms with van der Waals surface area (Å²) in [7, 11) is 2.14. The Hall–Kier alpha value is -0.650. The Morgan fingerprint density at radius 2 is 2.17 bits per heavy atom. The number of carbonyl (C=O) groups excluding carboxylic acids is 1. The Balaban J connectivity index is 2.51. The van der Waals surface area contributed by atoms with Crippen molar-refractivity contribution in [2.24, 2.45) is 0 Å². The van der Waals surface area contributed by atoms with Crippen LogP contribution in [0, 0.1) is 0 Å². The maximum atomic E-state index is 11.9. The van der Waals surface area contributed by atoms with Crippen LogP contribution in [0.5, 0.6) is 0 Å². The number of ether oxygens (including phenoxy) is 1. The van der Waals surface area contributed by atoms with Gasteiger partial charge in [0.15, 0.2) is 0 Å². The van der Waals surface area contributed by atoms with Crippen LogP contribution in [0.15, 0.2) is 0 Å². The Morgan fingerprint density at radius 3 is 2.72 bits per heavy atom. The minimum absolute atomic E-state index is 0.134. The molecular formula is C13H27N3O2. The van der Waals surface area contributed by atoms with Gasteiger partial charge in [0.05, 0.1) is 6.61 Å². The van der Waals surface area contributed by atoms with Gasteiger partial charge >= 0.3 is 5.97 Å². The molecular weight excluding hydrogens is 230 g/mol. The highest BCUT2D eigenvalue weighted by Crippen LogP contribution is 2.09. The largest absolute Gasteiger partial charge is 0.465 e. The number of nitrogens with one attached hydrogen (secondary N) is 1. The van der Waals surface area contributed by atoms with E-state index in [1.807, 2.05) is 13.8 Å². The van der Waals surface area contributed by atoms with Crippen molar-refractivity contribution in [1.29, 1.82) is 0 Å². The van der Waals surface area contributed by atoms with Gasteiger partial charge < -0.3 is 15.0 Å². The summed E-state index contributed by atoms with van der Waals surface area (Å²) < 4.78 is 5.12. The molecule has 1 fully saturated rings. The smallest absolute Gasteiger partial charge is 0.324 e. The molecule has 0 aromatic carbocycles. The van der Waals surface area contributed by atoms with Crippen molar-refractivity contribution in [3.8, 4) is 0 Å². The first-order valence-electron chi connectivity index (χ1n) is 6.91. The number of carbonyl (C=O) groups is 1. The highest BCUT2D eigenvalue weighted by molar-refractivity contribution is 5.76. The van der Waals surface area contributed by atoms with Crippen LogP contribution in [0.1, 0.15) is 20.8 Å². The average molecular weight is 257 g/mol. The van der Waals surface area contributed by atoms with Crippen LogP contribution < -0.4 is 5.32 Å². The molecule has 0 aromatic heterocycles. The molecule has 1 heterocycles. The van der Waals surface area contributed by atoms with Crippen molar-refractivity contribution in [3.63, 3.8) is 0 Å². The summed E-state index contributed by atoms with van der Waals surface area (Å²) in [5, 5.41) is 3.22. The fraction of sp³-hybridized carbons (Fsp3) is 0.923. The summed E-state index contributed by atoms with van der Waals surface area (Å²) in [6.45, 7) is 11.2. The number of hydrogen-bond acceptors (Lipinski definition) is 5. The van der Waals surface area contributed by atoms with E-state index in [0.717, 1.165) is 32.7 Å². The van der Waals surface area contributed by atoms with E-state index >= 15 is 0 Å². The Labute approximate surface area is 110 Å². The van der Waals surface area contributed by atoms with Crippen molar-refractivity contribution in [1.82, 2.24) is 15.1 Å². The number of rotatable bonds is 6. The first-order chi connectivity index (χ1) is 8.58. The van der Waals surface area contributed by atoms with Crippen LogP contribution in [0.4, 0.5) is 0 Å². The molecule has 18 heavy (non-hydrogen) atoms. The molecule has 0 aliphatic carbocycles. The van der Waals surface area contributed by atoms with Crippen LogP contribution >= 0.6 is 0 Å². The zero-order chi connectivity index (χ0) is 13.5. The summed E-state index contributed by atoms with van der Waals surface area (Å²) in [4.78, 5) is 16.5. The van der Waals surface area contributed by atoms with Crippen molar-refractivity contribution in [3.05, 3.63) is 0 Å². The lowest BCUT2D eigenvalue weighted by Gasteiger charge is -2.39. The van der Waals surface area contributed by atoms with Crippen molar-refractivity contribution < 1.29 is 9.53 Å². The van der Waals surface area contributed by atoms with Gasteiger partial charge in [-0.15, -0.1) is 0 Å². The number of esters is 1. The Morgan fingerprint density at radius 1 is 1.44 bits per heavy atom. The molecule has 2 unspecified atom stereocenters. The molecule has 5 heteroatoms. The lowest BCUT2D eigenvalue weighted by atomic mass is 10.1. The fourth-order valence-electron chi connectivity index (χ4n) is 2.39. The molecule has 1 aliphatic heterocycles. The molecule has 1 aliphatic rings. The highest BCUT2D eigenvalue weighted by atomic mass is 16.5. The second kappa shape index (κ2) is 7.71. The number of hydrogen-bond donors (Lipinski definition) is 1. The van der Waals surface area contributed by atoms with E-state index in [1.165, 1.54) is 0 Å². The first-order valence-corrected chi connectivity index (χ1v) is 6.91. The van der Waals surface area contributed by atoms with E-state index in [4.69, 9.17) is 4.74 Å². The molecule has 1 rings (SSSR count). The molecule has 2 atom stereocenters. The molecule has 0 spiro atoms. The highest BCUT2D eigenvalue weighted by Gasteiger charge is 2.27. The monoisotopic (exact) mass is 257 g/mol. The summed E-state index contributed by atoms with van der Waals surface area (Å²) in [5.41, 5.74) is 0. The quantitative estimate of drug-likeness (QED) is 0.687. The van der Waals surface area contributed by atoms with E-state index in [-0.39, 0.29) is 12.0 Å². The summed E-state index contributed by atoms with van der Waals surface area (Å²) in [5.74, 6) is -0.134. The molecule has 0 aromatic rings. The SMILES string of the molecule is CCNC(CN1CCN(C)CC1C)C(=O)OCC. The minimum Gasteiger partial charge on any atom is -0.465 e. The van der Waals surface area contributed by atoms with Gasteiger partial charge in [0.1, 0.15) is 6.04 Å². The van der Waals surface area contributed by atoms with Crippen molar-refractivity contribution >= 4 is 5.97 Å². The standard InChI is InChI=1S/C13H27N3O2/c1-5-14-12(13(17)18-6-2)10-16-8-7-15(4)9-11(16)3/h11-12,14H,5-10H2,1-4H3. The van der Waals surface area contributed by atoms with Gasteiger partial charge in [-0.1, -0.05) is 6.92 Å². The van der Waals surface area contributed by atoms with E-state index in [2.05, 4.69) is 29.1 Å². The lowest BCUT2D eigenvalue weighted by molar-refractivity contribution is -0.146. The second-order valence-corrected chi connectivity index (χ2v) is 4.97. The summed E-state index contributed by atoms with van der Waals surface area (Å²) in [6, 6.07) is 0.278. The Bertz CT molecular complexity index is 261. The number of nitrogens with zero attached hydrogens (tertiary/aromatic N) is 2. The first kappa shape index (κ1) is 15.4. The van der Waals surface area contributed by atoms with Crippen LogP contribution in [-0.4, -0.2) is 74.2 Å². The van der Waals surface area contributed by atoms with Gasteiger partial charge in [0, 0.05) is 32.2 Å². The predicted molar refractivity (Wildman–Crippen MR) is 72.6 cm³/mol. The predicted octanol–water partition coefficient (Wildman–Crippen LogP) is 0.164.